The van der Waals surface area contributed by atoms with E-state index in [1.165, 1.54) is 31.3 Å². The summed E-state index contributed by atoms with van der Waals surface area (Å²) in [5, 5.41) is 2.68. The predicted molar refractivity (Wildman–Crippen MR) is 92.5 cm³/mol. The number of carbonyl (C=O) groups excluding carboxylic acids is 1. The highest BCUT2D eigenvalue weighted by Gasteiger charge is 2.41. The van der Waals surface area contributed by atoms with Gasteiger partial charge in [0.05, 0.1) is 11.3 Å². The Morgan fingerprint density at radius 1 is 1.11 bits per heavy atom. The summed E-state index contributed by atoms with van der Waals surface area (Å²) in [5.41, 5.74) is 2.94. The van der Waals surface area contributed by atoms with E-state index in [1.807, 2.05) is 0 Å². The minimum Gasteiger partial charge on any atom is -0.365 e. The second-order valence-electron chi connectivity index (χ2n) is 5.86. The van der Waals surface area contributed by atoms with Crippen molar-refractivity contribution in [3.63, 3.8) is 0 Å². The maximum atomic E-state index is 13.9. The van der Waals surface area contributed by atoms with E-state index in [-0.39, 0.29) is 22.4 Å². The second kappa shape index (κ2) is 6.90. The van der Waals surface area contributed by atoms with Gasteiger partial charge in [0, 0.05) is 12.6 Å². The Bertz CT molecular complexity index is 1070. The molecule has 146 valence electrons. The molecular formula is C18H11ClF5N3O. The molecule has 0 fully saturated rings. The molecule has 0 bridgehead atoms. The molecule has 1 heterocycles. The Labute approximate surface area is 160 Å². The molecule has 3 rings (SSSR count). The van der Waals surface area contributed by atoms with Crippen molar-refractivity contribution in [3.05, 3.63) is 64.3 Å². The van der Waals surface area contributed by atoms with Crippen LogP contribution in [0, 0.1) is 11.6 Å². The van der Waals surface area contributed by atoms with E-state index in [2.05, 4.69) is 5.10 Å². The number of nitrogens with two attached hydrogens (primary N) is 1. The smallest absolute Gasteiger partial charge is 0.365 e. The molecule has 2 N–H and O–H groups in total. The van der Waals surface area contributed by atoms with Crippen LogP contribution < -0.4 is 5.73 Å². The fourth-order valence-corrected chi connectivity index (χ4v) is 3.03. The van der Waals surface area contributed by atoms with Gasteiger partial charge in [-0.25, -0.2) is 8.78 Å². The lowest BCUT2D eigenvalue weighted by molar-refractivity contribution is -0.141. The number of nitrogens with zero attached hydrogens (tertiary/aromatic N) is 2. The van der Waals surface area contributed by atoms with E-state index in [4.69, 9.17) is 17.3 Å². The molecule has 10 heteroatoms. The van der Waals surface area contributed by atoms with Gasteiger partial charge in [0.15, 0.2) is 5.69 Å². The van der Waals surface area contributed by atoms with Gasteiger partial charge in [-0.2, -0.15) is 18.3 Å². The topological polar surface area (TPSA) is 60.9 Å². The SMILES string of the molecule is Cn1nc(C(F)(F)F)c(C(N)=O)c1-c1ccccc1-c1cc(F)c(Cl)c(F)c1. The van der Waals surface area contributed by atoms with Crippen molar-refractivity contribution in [3.8, 4) is 22.4 Å². The van der Waals surface area contributed by atoms with Crippen LogP contribution >= 0.6 is 11.6 Å². The van der Waals surface area contributed by atoms with Crippen molar-refractivity contribution >= 4 is 17.5 Å². The van der Waals surface area contributed by atoms with Crippen molar-refractivity contribution in [1.29, 1.82) is 0 Å². The largest absolute Gasteiger partial charge is 0.435 e. The van der Waals surface area contributed by atoms with Gasteiger partial charge in [-0.1, -0.05) is 35.9 Å². The summed E-state index contributed by atoms with van der Waals surface area (Å²) in [7, 11) is 1.21. The zero-order valence-corrected chi connectivity index (χ0v) is 14.9. The summed E-state index contributed by atoms with van der Waals surface area (Å²) < 4.78 is 68.5. The zero-order chi connectivity index (χ0) is 20.8. The Morgan fingerprint density at radius 3 is 2.14 bits per heavy atom. The van der Waals surface area contributed by atoms with Gasteiger partial charge >= 0.3 is 6.18 Å². The number of aryl methyl sites for hydroxylation is 1. The van der Waals surface area contributed by atoms with E-state index in [0.717, 1.165) is 16.8 Å². The van der Waals surface area contributed by atoms with Gasteiger partial charge < -0.3 is 5.73 Å². The van der Waals surface area contributed by atoms with Crippen LogP contribution in [0.2, 0.25) is 5.02 Å². The molecular weight excluding hydrogens is 405 g/mol. The van der Waals surface area contributed by atoms with Crippen LogP contribution in [-0.4, -0.2) is 15.7 Å². The van der Waals surface area contributed by atoms with Crippen LogP contribution in [0.4, 0.5) is 22.0 Å². The molecule has 2 aromatic carbocycles. The molecule has 0 aliphatic heterocycles. The molecule has 0 saturated heterocycles. The fraction of sp³-hybridized carbons (Fsp3) is 0.111. The van der Waals surface area contributed by atoms with Gasteiger partial charge in [0.2, 0.25) is 0 Å². The molecule has 1 aromatic heterocycles. The first kappa shape index (κ1) is 19.8. The van der Waals surface area contributed by atoms with E-state index < -0.39 is 40.0 Å². The first-order chi connectivity index (χ1) is 13.0. The molecule has 4 nitrogen and oxygen atoms in total. The van der Waals surface area contributed by atoms with E-state index >= 15 is 0 Å². The maximum Gasteiger partial charge on any atom is 0.435 e. The number of halogens is 6. The van der Waals surface area contributed by atoms with Gasteiger partial charge in [0.25, 0.3) is 5.91 Å². The first-order valence-electron chi connectivity index (χ1n) is 7.70. The molecule has 0 atom stereocenters. The van der Waals surface area contributed by atoms with E-state index in [9.17, 15) is 26.7 Å². The van der Waals surface area contributed by atoms with Crippen molar-refractivity contribution < 1.29 is 26.7 Å². The summed E-state index contributed by atoms with van der Waals surface area (Å²) in [4.78, 5) is 11.8. The lowest BCUT2D eigenvalue weighted by Gasteiger charge is -2.13. The minimum atomic E-state index is -4.92. The molecule has 3 aromatic rings. The number of amides is 1. The van der Waals surface area contributed by atoms with Crippen LogP contribution in [0.1, 0.15) is 16.1 Å². The van der Waals surface area contributed by atoms with Crippen LogP contribution in [0.15, 0.2) is 36.4 Å². The summed E-state index contributed by atoms with van der Waals surface area (Å²) in [6.45, 7) is 0. The number of primary amides is 1. The highest BCUT2D eigenvalue weighted by atomic mass is 35.5. The molecule has 0 spiro atoms. The lowest BCUT2D eigenvalue weighted by atomic mass is 9.94. The van der Waals surface area contributed by atoms with E-state index in [1.54, 1.807) is 0 Å². The van der Waals surface area contributed by atoms with Gasteiger partial charge in [-0.3, -0.25) is 9.48 Å². The molecule has 0 radical (unpaired) electrons. The lowest BCUT2D eigenvalue weighted by Crippen LogP contribution is -2.18. The number of carbonyl (C=O) groups is 1. The predicted octanol–water partition coefficient (Wildman–Crippen LogP) is 4.80. The van der Waals surface area contributed by atoms with Crippen LogP contribution in [-0.2, 0) is 13.2 Å². The number of hydrogen-bond acceptors (Lipinski definition) is 2. The monoisotopic (exact) mass is 415 g/mol. The van der Waals surface area contributed by atoms with Crippen LogP contribution in [0.25, 0.3) is 22.4 Å². The van der Waals surface area contributed by atoms with Crippen molar-refractivity contribution in [2.24, 2.45) is 12.8 Å². The third-order valence-electron chi connectivity index (χ3n) is 4.04. The van der Waals surface area contributed by atoms with Crippen molar-refractivity contribution in [2.45, 2.75) is 6.18 Å². The third kappa shape index (κ3) is 3.33. The summed E-state index contributed by atoms with van der Waals surface area (Å²) >= 11 is 5.49. The van der Waals surface area contributed by atoms with Crippen LogP contribution in [0.3, 0.4) is 0 Å². The summed E-state index contributed by atoms with van der Waals surface area (Å²) in [6, 6.07) is 7.72. The fourth-order valence-electron chi connectivity index (χ4n) is 2.92. The molecule has 0 aliphatic carbocycles. The Hall–Kier alpha value is -2.94. The molecule has 1 amide bonds. The Kier molecular flexibility index (Phi) is 4.88. The van der Waals surface area contributed by atoms with Gasteiger partial charge in [-0.05, 0) is 23.3 Å². The minimum absolute atomic E-state index is 0.0141. The number of benzene rings is 2. The Balaban J connectivity index is 2.34. The normalized spacial score (nSPS) is 11.7. The van der Waals surface area contributed by atoms with Gasteiger partial charge in [-0.15, -0.1) is 0 Å². The van der Waals surface area contributed by atoms with Crippen LogP contribution in [0.5, 0.6) is 0 Å². The first-order valence-corrected chi connectivity index (χ1v) is 8.08. The standard InChI is InChI=1S/C18H11ClF5N3O/c1-27-15(13(17(25)28)16(26-27)18(22,23)24)10-5-3-2-4-9(10)8-6-11(20)14(19)12(21)7-8/h2-7H,1H3,(H2,25,28). The van der Waals surface area contributed by atoms with Crippen molar-refractivity contribution in [1.82, 2.24) is 9.78 Å². The second-order valence-corrected chi connectivity index (χ2v) is 6.24. The number of hydrogen-bond donors (Lipinski definition) is 1. The molecule has 0 aliphatic rings. The summed E-state index contributed by atoms with van der Waals surface area (Å²) in [5.74, 6) is -3.41. The molecule has 0 saturated carbocycles. The zero-order valence-electron chi connectivity index (χ0n) is 14.1. The highest BCUT2D eigenvalue weighted by Crippen LogP contribution is 2.40. The highest BCUT2D eigenvalue weighted by molar-refractivity contribution is 6.31. The maximum absolute atomic E-state index is 13.9. The molecule has 0 unspecified atom stereocenters. The number of aromatic nitrogens is 2. The average Bonchev–Trinajstić information content (AvgIpc) is 2.97. The summed E-state index contributed by atoms with van der Waals surface area (Å²) in [6.07, 6.45) is -4.92. The Morgan fingerprint density at radius 2 is 1.64 bits per heavy atom. The number of rotatable bonds is 3. The van der Waals surface area contributed by atoms with E-state index in [0.29, 0.717) is 0 Å². The van der Waals surface area contributed by atoms with Crippen molar-refractivity contribution in [2.75, 3.05) is 0 Å². The quantitative estimate of drug-likeness (QED) is 0.493. The third-order valence-corrected chi connectivity index (χ3v) is 4.40. The van der Waals surface area contributed by atoms with Gasteiger partial charge in [0.1, 0.15) is 16.7 Å². The number of alkyl halides is 3. The molecule has 28 heavy (non-hydrogen) atoms. The average molecular weight is 416 g/mol.